The van der Waals surface area contributed by atoms with Gasteiger partial charge < -0.3 is 5.11 Å². The highest BCUT2D eigenvalue weighted by atomic mass is 16.3. The summed E-state index contributed by atoms with van der Waals surface area (Å²) in [5.41, 5.74) is 3.04. The lowest BCUT2D eigenvalue weighted by Crippen LogP contribution is -2.02. The second kappa shape index (κ2) is 4.14. The molecule has 0 bridgehead atoms. The van der Waals surface area contributed by atoms with Crippen LogP contribution in [0.25, 0.3) is 0 Å². The van der Waals surface area contributed by atoms with Crippen molar-refractivity contribution in [2.75, 3.05) is 0 Å². The Kier molecular flexibility index (Phi) is 2.87. The number of fused-ring (bicyclic) bond motifs is 1. The van der Waals surface area contributed by atoms with Gasteiger partial charge in [-0.25, -0.2) is 0 Å². The molecule has 0 saturated carbocycles. The fraction of sp³-hybridized carbons (Fsp3) is 0.538. The third-order valence-corrected chi connectivity index (χ3v) is 3.19. The Morgan fingerprint density at radius 3 is 3.00 bits per heavy atom. The van der Waals surface area contributed by atoms with Gasteiger partial charge >= 0.3 is 0 Å². The van der Waals surface area contributed by atoms with Crippen molar-refractivity contribution in [3.8, 4) is 0 Å². The average Bonchev–Trinajstić information content (AvgIpc) is 2.58. The van der Waals surface area contributed by atoms with Crippen LogP contribution in [0.3, 0.4) is 0 Å². The van der Waals surface area contributed by atoms with Gasteiger partial charge in [0, 0.05) is 0 Å². The van der Waals surface area contributed by atoms with E-state index in [9.17, 15) is 5.11 Å². The first-order chi connectivity index (χ1) is 6.77. The van der Waals surface area contributed by atoms with Crippen LogP contribution in [-0.4, -0.2) is 11.2 Å². The van der Waals surface area contributed by atoms with Crippen LogP contribution in [0.15, 0.2) is 24.3 Å². The Hall–Kier alpha value is -0.820. The molecule has 14 heavy (non-hydrogen) atoms. The Labute approximate surface area is 85.8 Å². The molecule has 0 fully saturated rings. The van der Waals surface area contributed by atoms with Crippen LogP contribution < -0.4 is 0 Å². The fourth-order valence-corrected chi connectivity index (χ4v) is 2.39. The van der Waals surface area contributed by atoms with E-state index in [1.54, 1.807) is 0 Å². The summed E-state index contributed by atoms with van der Waals surface area (Å²) < 4.78 is 0. The molecule has 1 aliphatic rings. The highest BCUT2D eigenvalue weighted by molar-refractivity contribution is 5.34. The predicted molar refractivity (Wildman–Crippen MR) is 58.4 cm³/mol. The number of aryl methyl sites for hydroxylation is 1. The lowest BCUT2D eigenvalue weighted by Gasteiger charge is -2.12. The van der Waals surface area contributed by atoms with Crippen molar-refractivity contribution in [3.05, 3.63) is 35.4 Å². The first-order valence-electron chi connectivity index (χ1n) is 5.53. The molecule has 1 aromatic rings. The summed E-state index contributed by atoms with van der Waals surface area (Å²) >= 11 is 0. The zero-order chi connectivity index (χ0) is 9.97. The Morgan fingerprint density at radius 1 is 1.43 bits per heavy atom. The second-order valence-electron chi connectivity index (χ2n) is 4.36. The summed E-state index contributed by atoms with van der Waals surface area (Å²) in [6.07, 6.45) is 4.41. The molecule has 2 atom stereocenters. The smallest absolute Gasteiger partial charge is 0.0512 e. The first kappa shape index (κ1) is 9.72. The fourth-order valence-electron chi connectivity index (χ4n) is 2.39. The maximum atomic E-state index is 9.26. The number of aliphatic hydroxyl groups excluding tert-OH is 1. The molecule has 1 aliphatic carbocycles. The zero-order valence-electron chi connectivity index (χ0n) is 8.74. The van der Waals surface area contributed by atoms with Gasteiger partial charge in [-0.15, -0.1) is 0 Å². The largest absolute Gasteiger partial charge is 0.393 e. The molecular weight excluding hydrogens is 172 g/mol. The summed E-state index contributed by atoms with van der Waals surface area (Å²) in [6.45, 7) is 1.88. The maximum absolute atomic E-state index is 9.26. The summed E-state index contributed by atoms with van der Waals surface area (Å²) in [6, 6.07) is 8.72. The van der Waals surface area contributed by atoms with Crippen LogP contribution in [0, 0.1) is 0 Å². The Balaban J connectivity index is 2.03. The summed E-state index contributed by atoms with van der Waals surface area (Å²) in [5, 5.41) is 9.26. The Morgan fingerprint density at radius 2 is 2.21 bits per heavy atom. The van der Waals surface area contributed by atoms with Crippen molar-refractivity contribution in [3.63, 3.8) is 0 Å². The SMILES string of the molecule is C[C@H](O)CCC1CCc2ccccc21. The quantitative estimate of drug-likeness (QED) is 0.777. The lowest BCUT2D eigenvalue weighted by atomic mass is 9.95. The van der Waals surface area contributed by atoms with Gasteiger partial charge in [-0.1, -0.05) is 24.3 Å². The molecule has 0 aliphatic heterocycles. The van der Waals surface area contributed by atoms with Crippen molar-refractivity contribution < 1.29 is 5.11 Å². The molecule has 1 N–H and O–H groups in total. The van der Waals surface area contributed by atoms with E-state index in [2.05, 4.69) is 24.3 Å². The molecule has 1 heteroatoms. The Bertz CT molecular complexity index is 304. The molecule has 0 spiro atoms. The van der Waals surface area contributed by atoms with Gasteiger partial charge in [-0.05, 0) is 49.7 Å². The molecule has 1 nitrogen and oxygen atoms in total. The van der Waals surface area contributed by atoms with Gasteiger partial charge in [0.05, 0.1) is 6.10 Å². The van der Waals surface area contributed by atoms with E-state index in [1.807, 2.05) is 6.92 Å². The highest BCUT2D eigenvalue weighted by Crippen LogP contribution is 2.36. The van der Waals surface area contributed by atoms with Crippen LogP contribution in [0.2, 0.25) is 0 Å². The zero-order valence-corrected chi connectivity index (χ0v) is 8.74. The van der Waals surface area contributed by atoms with Crippen LogP contribution in [0.4, 0.5) is 0 Å². The molecule has 2 rings (SSSR count). The monoisotopic (exact) mass is 190 g/mol. The van der Waals surface area contributed by atoms with E-state index >= 15 is 0 Å². The predicted octanol–water partition coefficient (Wildman–Crippen LogP) is 2.88. The lowest BCUT2D eigenvalue weighted by molar-refractivity contribution is 0.178. The van der Waals surface area contributed by atoms with Crippen LogP contribution in [0.5, 0.6) is 0 Å². The van der Waals surface area contributed by atoms with Gasteiger partial charge in [0.1, 0.15) is 0 Å². The molecule has 0 saturated heterocycles. The van der Waals surface area contributed by atoms with Gasteiger partial charge in [-0.2, -0.15) is 0 Å². The van der Waals surface area contributed by atoms with Crippen molar-refractivity contribution in [1.29, 1.82) is 0 Å². The highest BCUT2D eigenvalue weighted by Gasteiger charge is 2.21. The molecule has 0 aromatic heterocycles. The number of hydrogen-bond donors (Lipinski definition) is 1. The molecule has 1 unspecified atom stereocenters. The van der Waals surface area contributed by atoms with Crippen LogP contribution in [0.1, 0.15) is 43.2 Å². The summed E-state index contributed by atoms with van der Waals surface area (Å²) in [7, 11) is 0. The number of benzene rings is 1. The van der Waals surface area contributed by atoms with E-state index in [0.717, 1.165) is 12.8 Å². The minimum Gasteiger partial charge on any atom is -0.393 e. The van der Waals surface area contributed by atoms with E-state index in [1.165, 1.54) is 24.0 Å². The number of aliphatic hydroxyl groups is 1. The van der Waals surface area contributed by atoms with Gasteiger partial charge in [0.25, 0.3) is 0 Å². The topological polar surface area (TPSA) is 20.2 Å². The second-order valence-corrected chi connectivity index (χ2v) is 4.36. The van der Waals surface area contributed by atoms with Crippen molar-refractivity contribution in [2.45, 2.75) is 44.6 Å². The normalized spacial score (nSPS) is 22.0. The molecule has 0 heterocycles. The van der Waals surface area contributed by atoms with Crippen molar-refractivity contribution in [1.82, 2.24) is 0 Å². The summed E-state index contributed by atoms with van der Waals surface area (Å²) in [5.74, 6) is 0.695. The third-order valence-electron chi connectivity index (χ3n) is 3.19. The molecule has 0 radical (unpaired) electrons. The van der Waals surface area contributed by atoms with Crippen molar-refractivity contribution in [2.24, 2.45) is 0 Å². The third kappa shape index (κ3) is 1.98. The average molecular weight is 190 g/mol. The molecule has 0 amide bonds. The van der Waals surface area contributed by atoms with E-state index in [-0.39, 0.29) is 6.10 Å². The molecule has 76 valence electrons. The molecule has 1 aromatic carbocycles. The first-order valence-corrected chi connectivity index (χ1v) is 5.53. The maximum Gasteiger partial charge on any atom is 0.0512 e. The standard InChI is InChI=1S/C13H18O/c1-10(14)6-7-12-9-8-11-4-2-3-5-13(11)12/h2-5,10,12,14H,6-9H2,1H3/t10-,12?/m0/s1. The van der Waals surface area contributed by atoms with Crippen LogP contribution >= 0.6 is 0 Å². The van der Waals surface area contributed by atoms with E-state index < -0.39 is 0 Å². The van der Waals surface area contributed by atoms with Gasteiger partial charge in [-0.3, -0.25) is 0 Å². The number of hydrogen-bond acceptors (Lipinski definition) is 1. The minimum absolute atomic E-state index is 0.150. The van der Waals surface area contributed by atoms with Crippen LogP contribution in [-0.2, 0) is 6.42 Å². The number of rotatable bonds is 3. The van der Waals surface area contributed by atoms with E-state index in [4.69, 9.17) is 0 Å². The minimum atomic E-state index is -0.150. The van der Waals surface area contributed by atoms with E-state index in [0.29, 0.717) is 5.92 Å². The summed E-state index contributed by atoms with van der Waals surface area (Å²) in [4.78, 5) is 0. The van der Waals surface area contributed by atoms with Gasteiger partial charge in [0.15, 0.2) is 0 Å². The molecular formula is C13H18O. The van der Waals surface area contributed by atoms with Crippen molar-refractivity contribution >= 4 is 0 Å². The van der Waals surface area contributed by atoms with Gasteiger partial charge in [0.2, 0.25) is 0 Å².